The molecule has 1 aromatic rings. The van der Waals surface area contributed by atoms with E-state index in [2.05, 4.69) is 11.6 Å². The van der Waals surface area contributed by atoms with Gasteiger partial charge < -0.3 is 0 Å². The van der Waals surface area contributed by atoms with E-state index in [1.54, 1.807) is 13.8 Å². The Morgan fingerprint density at radius 2 is 1.88 bits per heavy atom. The fourth-order valence-electron chi connectivity index (χ4n) is 1.25. The van der Waals surface area contributed by atoms with Crippen molar-refractivity contribution < 1.29 is 13.3 Å². The zero-order valence-electron chi connectivity index (χ0n) is 9.50. The van der Waals surface area contributed by atoms with Crippen LogP contribution in [0.2, 0.25) is 0 Å². The summed E-state index contributed by atoms with van der Waals surface area (Å²) in [7, 11) is -3.95. The SMILES string of the molecule is [CH2]C(C)(C)NS(=O)(=O)c1ccccc1[N+](=O)[O-]. The summed E-state index contributed by atoms with van der Waals surface area (Å²) in [6.45, 7) is 6.71. The van der Waals surface area contributed by atoms with Gasteiger partial charge in [0, 0.05) is 11.6 Å². The summed E-state index contributed by atoms with van der Waals surface area (Å²) in [6.07, 6.45) is 0. The molecule has 1 N–H and O–H groups in total. The first kappa shape index (κ1) is 13.6. The topological polar surface area (TPSA) is 89.3 Å². The standard InChI is InChI=1S/C10H13N2O4S/c1-10(2,3)11-17(15,16)9-7-5-4-6-8(9)12(13)14/h4-7,11H,1H2,2-3H3. The summed E-state index contributed by atoms with van der Waals surface area (Å²) in [5.41, 5.74) is -1.40. The minimum Gasteiger partial charge on any atom is -0.258 e. The van der Waals surface area contributed by atoms with E-state index in [9.17, 15) is 18.5 Å². The normalized spacial score (nSPS) is 12.4. The van der Waals surface area contributed by atoms with Crippen LogP contribution in [0, 0.1) is 17.0 Å². The van der Waals surface area contributed by atoms with Crippen molar-refractivity contribution in [1.82, 2.24) is 4.72 Å². The Morgan fingerprint density at radius 1 is 1.35 bits per heavy atom. The zero-order chi connectivity index (χ0) is 13.3. The number of benzene rings is 1. The van der Waals surface area contributed by atoms with Crippen molar-refractivity contribution in [3.8, 4) is 0 Å². The second-order valence-electron chi connectivity index (χ2n) is 4.21. The molecule has 0 atom stereocenters. The molecular formula is C10H13N2O4S. The molecule has 7 heteroatoms. The van der Waals surface area contributed by atoms with E-state index >= 15 is 0 Å². The van der Waals surface area contributed by atoms with Crippen LogP contribution < -0.4 is 4.72 Å². The van der Waals surface area contributed by atoms with Gasteiger partial charge in [0.2, 0.25) is 10.0 Å². The summed E-state index contributed by atoms with van der Waals surface area (Å²) in [6, 6.07) is 5.17. The molecule has 6 nitrogen and oxygen atoms in total. The van der Waals surface area contributed by atoms with Gasteiger partial charge in [-0.15, -0.1) is 0 Å². The van der Waals surface area contributed by atoms with Crippen LogP contribution in [-0.2, 0) is 10.0 Å². The van der Waals surface area contributed by atoms with Crippen molar-refractivity contribution in [2.45, 2.75) is 24.3 Å². The summed E-state index contributed by atoms with van der Waals surface area (Å²) < 4.78 is 26.1. The second kappa shape index (κ2) is 4.42. The van der Waals surface area contributed by atoms with Gasteiger partial charge in [-0.25, -0.2) is 13.1 Å². The van der Waals surface area contributed by atoms with E-state index < -0.39 is 26.2 Å². The first-order valence-corrected chi connectivity index (χ1v) is 6.24. The fourth-order valence-corrected chi connectivity index (χ4v) is 2.77. The Morgan fingerprint density at radius 3 is 2.35 bits per heavy atom. The number of nitrogens with one attached hydrogen (secondary N) is 1. The monoisotopic (exact) mass is 257 g/mol. The first-order chi connectivity index (χ1) is 7.63. The lowest BCUT2D eigenvalue weighted by molar-refractivity contribution is -0.387. The third-order valence-corrected chi connectivity index (χ3v) is 3.51. The molecule has 0 aliphatic heterocycles. The number of hydrogen-bond acceptors (Lipinski definition) is 4. The minimum atomic E-state index is -3.95. The molecule has 0 saturated heterocycles. The van der Waals surface area contributed by atoms with Gasteiger partial charge in [0.05, 0.1) is 4.92 Å². The highest BCUT2D eigenvalue weighted by Gasteiger charge is 2.28. The van der Waals surface area contributed by atoms with Crippen molar-refractivity contribution in [3.05, 3.63) is 41.3 Å². The maximum atomic E-state index is 11.9. The van der Waals surface area contributed by atoms with Crippen LogP contribution >= 0.6 is 0 Å². The Balaban J connectivity index is 3.30. The number of nitro groups is 1. The summed E-state index contributed by atoms with van der Waals surface area (Å²) in [5.74, 6) is 0. The molecule has 0 aromatic heterocycles. The van der Waals surface area contributed by atoms with Crippen LogP contribution in [0.3, 0.4) is 0 Å². The fraction of sp³-hybridized carbons (Fsp3) is 0.300. The highest BCUT2D eigenvalue weighted by molar-refractivity contribution is 7.89. The largest absolute Gasteiger partial charge is 0.289 e. The molecule has 93 valence electrons. The quantitative estimate of drug-likeness (QED) is 0.653. The lowest BCUT2D eigenvalue weighted by Crippen LogP contribution is -2.40. The predicted octanol–water partition coefficient (Wildman–Crippen LogP) is 1.49. The predicted molar refractivity (Wildman–Crippen MR) is 62.9 cm³/mol. The summed E-state index contributed by atoms with van der Waals surface area (Å²) in [4.78, 5) is 9.64. The molecule has 1 aromatic carbocycles. The van der Waals surface area contributed by atoms with Gasteiger partial charge in [0.1, 0.15) is 0 Å². The lowest BCUT2D eigenvalue weighted by atomic mass is 10.1. The van der Waals surface area contributed by atoms with Crippen LogP contribution in [0.4, 0.5) is 5.69 Å². The van der Waals surface area contributed by atoms with Crippen molar-refractivity contribution in [3.63, 3.8) is 0 Å². The number of nitrogens with zero attached hydrogens (tertiary/aromatic N) is 1. The third-order valence-electron chi connectivity index (χ3n) is 1.76. The van der Waals surface area contributed by atoms with Crippen LogP contribution in [0.15, 0.2) is 29.2 Å². The number of rotatable bonds is 4. The van der Waals surface area contributed by atoms with Crippen LogP contribution in [0.5, 0.6) is 0 Å². The van der Waals surface area contributed by atoms with Gasteiger partial charge >= 0.3 is 0 Å². The summed E-state index contributed by atoms with van der Waals surface area (Å²) >= 11 is 0. The van der Waals surface area contributed by atoms with Crippen molar-refractivity contribution in [1.29, 1.82) is 0 Å². The number of para-hydroxylation sites is 1. The second-order valence-corrected chi connectivity index (χ2v) is 5.87. The number of sulfonamides is 1. The van der Waals surface area contributed by atoms with Gasteiger partial charge in [-0.3, -0.25) is 10.1 Å². The van der Waals surface area contributed by atoms with E-state index in [1.807, 2.05) is 0 Å². The smallest absolute Gasteiger partial charge is 0.258 e. The first-order valence-electron chi connectivity index (χ1n) is 4.76. The van der Waals surface area contributed by atoms with Gasteiger partial charge in [0.15, 0.2) is 4.90 Å². The third kappa shape index (κ3) is 3.50. The van der Waals surface area contributed by atoms with Gasteiger partial charge in [-0.2, -0.15) is 0 Å². The van der Waals surface area contributed by atoms with E-state index in [4.69, 9.17) is 0 Å². The average molecular weight is 257 g/mol. The molecule has 0 aliphatic rings. The molecule has 0 bridgehead atoms. The van der Waals surface area contributed by atoms with E-state index in [0.29, 0.717) is 0 Å². The molecule has 0 saturated carbocycles. The average Bonchev–Trinajstić information content (AvgIpc) is 2.14. The highest BCUT2D eigenvalue weighted by Crippen LogP contribution is 2.23. The van der Waals surface area contributed by atoms with Crippen LogP contribution in [-0.4, -0.2) is 18.9 Å². The summed E-state index contributed by atoms with van der Waals surface area (Å²) in [5, 5.41) is 10.7. The van der Waals surface area contributed by atoms with Gasteiger partial charge in [-0.05, 0) is 26.8 Å². The maximum Gasteiger partial charge on any atom is 0.289 e. The number of nitro benzene ring substituents is 1. The molecule has 1 rings (SSSR count). The Bertz CT molecular complexity index is 531. The molecule has 0 amide bonds. The highest BCUT2D eigenvalue weighted by atomic mass is 32.2. The lowest BCUT2D eigenvalue weighted by Gasteiger charge is -2.19. The van der Waals surface area contributed by atoms with Crippen LogP contribution in [0.1, 0.15) is 13.8 Å². The number of hydrogen-bond donors (Lipinski definition) is 1. The Hall–Kier alpha value is -1.47. The Labute approximate surface area is 99.9 Å². The van der Waals surface area contributed by atoms with Crippen molar-refractivity contribution >= 4 is 15.7 Å². The molecule has 0 aliphatic carbocycles. The molecule has 0 fully saturated rings. The molecule has 0 spiro atoms. The zero-order valence-corrected chi connectivity index (χ0v) is 10.3. The Kier molecular flexibility index (Phi) is 3.53. The van der Waals surface area contributed by atoms with Gasteiger partial charge in [-0.1, -0.05) is 12.1 Å². The van der Waals surface area contributed by atoms with E-state index in [0.717, 1.165) is 6.07 Å². The van der Waals surface area contributed by atoms with Gasteiger partial charge in [0.25, 0.3) is 5.69 Å². The van der Waals surface area contributed by atoms with Crippen molar-refractivity contribution in [2.24, 2.45) is 0 Å². The molecule has 1 radical (unpaired) electrons. The molecule has 17 heavy (non-hydrogen) atoms. The van der Waals surface area contributed by atoms with Crippen molar-refractivity contribution in [2.75, 3.05) is 0 Å². The van der Waals surface area contributed by atoms with E-state index in [-0.39, 0.29) is 4.90 Å². The molecular weight excluding hydrogens is 244 g/mol. The molecule has 0 unspecified atom stereocenters. The van der Waals surface area contributed by atoms with E-state index in [1.165, 1.54) is 18.2 Å². The molecule has 0 heterocycles. The maximum absolute atomic E-state index is 11.9. The van der Waals surface area contributed by atoms with Crippen LogP contribution in [0.25, 0.3) is 0 Å². The minimum absolute atomic E-state index is 0.360.